The van der Waals surface area contributed by atoms with E-state index in [1.165, 1.54) is 0 Å². The van der Waals surface area contributed by atoms with E-state index < -0.39 is 0 Å². The minimum atomic E-state index is -0.332. The molecule has 0 aliphatic heterocycles. The summed E-state index contributed by atoms with van der Waals surface area (Å²) >= 11 is 0. The van der Waals surface area contributed by atoms with Crippen LogP contribution in [0.3, 0.4) is 0 Å². The molecule has 0 heterocycles. The summed E-state index contributed by atoms with van der Waals surface area (Å²) in [5, 5.41) is 3.99. The SMILES string of the molecule is O=C(COc1ccc(-c2ccccc2)cc1)N/N=C\c1ccc(OCc2ccccc2)cc1. The van der Waals surface area contributed by atoms with Crippen LogP contribution in [0.5, 0.6) is 11.5 Å². The normalized spacial score (nSPS) is 10.7. The molecule has 0 unspecified atom stereocenters. The molecule has 0 saturated carbocycles. The topological polar surface area (TPSA) is 59.9 Å². The first kappa shape index (κ1) is 21.8. The fourth-order valence-electron chi connectivity index (χ4n) is 3.13. The number of rotatable bonds is 9. The molecule has 0 bridgehead atoms. The first-order valence-electron chi connectivity index (χ1n) is 10.6. The van der Waals surface area contributed by atoms with Gasteiger partial charge in [0.1, 0.15) is 18.1 Å². The van der Waals surface area contributed by atoms with Crippen LogP contribution in [-0.4, -0.2) is 18.7 Å². The van der Waals surface area contributed by atoms with Crippen LogP contribution in [0.4, 0.5) is 0 Å². The lowest BCUT2D eigenvalue weighted by Crippen LogP contribution is -2.24. The molecular weight excluding hydrogens is 412 g/mol. The van der Waals surface area contributed by atoms with Gasteiger partial charge in [-0.3, -0.25) is 4.79 Å². The molecule has 4 rings (SSSR count). The number of hydrazone groups is 1. The summed E-state index contributed by atoms with van der Waals surface area (Å²) in [6.45, 7) is 0.396. The lowest BCUT2D eigenvalue weighted by Gasteiger charge is -2.07. The molecule has 0 spiro atoms. The number of carbonyl (C=O) groups is 1. The highest BCUT2D eigenvalue weighted by molar-refractivity contribution is 5.83. The van der Waals surface area contributed by atoms with Crippen molar-refractivity contribution in [2.75, 3.05) is 6.61 Å². The predicted molar refractivity (Wildman–Crippen MR) is 130 cm³/mol. The molecule has 0 aliphatic carbocycles. The lowest BCUT2D eigenvalue weighted by atomic mass is 10.1. The predicted octanol–water partition coefficient (Wildman–Crippen LogP) is 5.46. The fraction of sp³-hybridized carbons (Fsp3) is 0.0714. The minimum Gasteiger partial charge on any atom is -0.489 e. The van der Waals surface area contributed by atoms with E-state index in [-0.39, 0.29) is 12.5 Å². The largest absolute Gasteiger partial charge is 0.489 e. The molecular formula is C28H24N2O3. The Kier molecular flexibility index (Phi) is 7.48. The van der Waals surface area contributed by atoms with Crippen molar-refractivity contribution in [3.8, 4) is 22.6 Å². The minimum absolute atomic E-state index is 0.117. The average Bonchev–Trinajstić information content (AvgIpc) is 2.88. The average molecular weight is 437 g/mol. The summed E-state index contributed by atoms with van der Waals surface area (Å²) in [4.78, 5) is 12.0. The maximum Gasteiger partial charge on any atom is 0.277 e. The highest BCUT2D eigenvalue weighted by atomic mass is 16.5. The van der Waals surface area contributed by atoms with Crippen LogP contribution in [0.1, 0.15) is 11.1 Å². The van der Waals surface area contributed by atoms with E-state index in [0.29, 0.717) is 12.4 Å². The number of benzene rings is 4. The molecule has 5 nitrogen and oxygen atoms in total. The van der Waals surface area contributed by atoms with Crippen LogP contribution in [-0.2, 0) is 11.4 Å². The molecule has 5 heteroatoms. The quantitative estimate of drug-likeness (QED) is 0.280. The zero-order chi connectivity index (χ0) is 22.7. The molecule has 0 fully saturated rings. The molecule has 0 saturated heterocycles. The lowest BCUT2D eigenvalue weighted by molar-refractivity contribution is -0.123. The van der Waals surface area contributed by atoms with Crippen LogP contribution in [0.2, 0.25) is 0 Å². The van der Waals surface area contributed by atoms with Crippen LogP contribution in [0, 0.1) is 0 Å². The number of ether oxygens (including phenoxy) is 2. The third-order valence-electron chi connectivity index (χ3n) is 4.86. The highest BCUT2D eigenvalue weighted by Crippen LogP contribution is 2.22. The molecule has 1 amide bonds. The van der Waals surface area contributed by atoms with Crippen molar-refractivity contribution in [2.24, 2.45) is 5.10 Å². The molecule has 0 aromatic heterocycles. The van der Waals surface area contributed by atoms with Crippen LogP contribution < -0.4 is 14.9 Å². The first-order chi connectivity index (χ1) is 16.3. The molecule has 164 valence electrons. The highest BCUT2D eigenvalue weighted by Gasteiger charge is 2.03. The second-order valence-corrected chi connectivity index (χ2v) is 7.32. The summed E-state index contributed by atoms with van der Waals surface area (Å²) < 4.78 is 11.3. The Labute approximate surface area is 193 Å². The van der Waals surface area contributed by atoms with Crippen molar-refractivity contribution in [3.05, 3.63) is 120 Å². The van der Waals surface area contributed by atoms with Gasteiger partial charge in [0.05, 0.1) is 6.21 Å². The second-order valence-electron chi connectivity index (χ2n) is 7.32. The Morgan fingerprint density at radius 3 is 1.97 bits per heavy atom. The first-order valence-corrected chi connectivity index (χ1v) is 10.6. The van der Waals surface area contributed by atoms with Crippen LogP contribution >= 0.6 is 0 Å². The van der Waals surface area contributed by atoms with Gasteiger partial charge in [-0.25, -0.2) is 5.43 Å². The zero-order valence-corrected chi connectivity index (χ0v) is 18.1. The Balaban J connectivity index is 1.20. The number of nitrogens with zero attached hydrogens (tertiary/aromatic N) is 1. The van der Waals surface area contributed by atoms with Crippen molar-refractivity contribution in [1.29, 1.82) is 0 Å². The molecule has 0 radical (unpaired) electrons. The van der Waals surface area contributed by atoms with Gasteiger partial charge >= 0.3 is 0 Å². The van der Waals surface area contributed by atoms with E-state index in [2.05, 4.69) is 10.5 Å². The maximum atomic E-state index is 12.0. The van der Waals surface area contributed by atoms with Crippen LogP contribution in [0.25, 0.3) is 11.1 Å². The smallest absolute Gasteiger partial charge is 0.277 e. The number of amides is 1. The van der Waals surface area contributed by atoms with Gasteiger partial charge in [0.2, 0.25) is 0 Å². The summed E-state index contributed by atoms with van der Waals surface area (Å²) in [7, 11) is 0. The van der Waals surface area contributed by atoms with Gasteiger partial charge in [-0.05, 0) is 58.7 Å². The van der Waals surface area contributed by atoms with Gasteiger partial charge in [0, 0.05) is 0 Å². The van der Waals surface area contributed by atoms with E-state index in [0.717, 1.165) is 28.0 Å². The van der Waals surface area contributed by atoms with Gasteiger partial charge in [-0.1, -0.05) is 72.8 Å². The summed E-state index contributed by atoms with van der Waals surface area (Å²) in [5.41, 5.74) is 6.66. The summed E-state index contributed by atoms with van der Waals surface area (Å²) in [6.07, 6.45) is 1.58. The molecule has 1 N–H and O–H groups in total. The van der Waals surface area contributed by atoms with Crippen molar-refractivity contribution in [3.63, 3.8) is 0 Å². The van der Waals surface area contributed by atoms with Crippen LogP contribution in [0.15, 0.2) is 114 Å². The molecule has 0 atom stereocenters. The second kappa shape index (κ2) is 11.3. The Hall–Kier alpha value is -4.38. The number of nitrogens with one attached hydrogen (secondary N) is 1. The Bertz CT molecular complexity index is 1170. The molecule has 4 aromatic rings. The number of carbonyl (C=O) groups excluding carboxylic acids is 1. The number of hydrogen-bond acceptors (Lipinski definition) is 4. The monoisotopic (exact) mass is 436 g/mol. The molecule has 4 aromatic carbocycles. The maximum absolute atomic E-state index is 12.0. The van der Waals surface area contributed by atoms with Crippen molar-refractivity contribution in [1.82, 2.24) is 5.43 Å². The van der Waals surface area contributed by atoms with Crippen molar-refractivity contribution in [2.45, 2.75) is 6.61 Å². The van der Waals surface area contributed by atoms with Gasteiger partial charge < -0.3 is 9.47 Å². The third kappa shape index (κ3) is 6.80. The van der Waals surface area contributed by atoms with Gasteiger partial charge in [-0.15, -0.1) is 0 Å². The van der Waals surface area contributed by atoms with Gasteiger partial charge in [0.15, 0.2) is 6.61 Å². The standard InChI is InChI=1S/C28H24N2O3/c31-28(21-33-27-17-13-25(14-18-27)24-9-5-2-6-10-24)30-29-19-22-11-15-26(16-12-22)32-20-23-7-3-1-4-8-23/h1-19H,20-21H2,(H,30,31)/b29-19-. The van der Waals surface area contributed by atoms with Crippen molar-refractivity contribution >= 4 is 12.1 Å². The van der Waals surface area contributed by atoms with E-state index in [9.17, 15) is 4.79 Å². The molecule has 33 heavy (non-hydrogen) atoms. The van der Waals surface area contributed by atoms with E-state index in [1.54, 1.807) is 6.21 Å². The van der Waals surface area contributed by atoms with Gasteiger partial charge in [0.25, 0.3) is 5.91 Å². The van der Waals surface area contributed by atoms with E-state index in [1.807, 2.05) is 109 Å². The van der Waals surface area contributed by atoms with Crippen molar-refractivity contribution < 1.29 is 14.3 Å². The van der Waals surface area contributed by atoms with E-state index in [4.69, 9.17) is 9.47 Å². The number of hydrogen-bond donors (Lipinski definition) is 1. The molecule has 0 aliphatic rings. The Morgan fingerprint density at radius 2 is 1.27 bits per heavy atom. The summed E-state index contributed by atoms with van der Waals surface area (Å²) in [6, 6.07) is 35.2. The zero-order valence-electron chi connectivity index (χ0n) is 18.1. The Morgan fingerprint density at radius 1 is 0.697 bits per heavy atom. The van der Waals surface area contributed by atoms with E-state index >= 15 is 0 Å². The fourth-order valence-corrected chi connectivity index (χ4v) is 3.13. The third-order valence-corrected chi connectivity index (χ3v) is 4.86. The summed E-state index contributed by atoms with van der Waals surface area (Å²) in [5.74, 6) is 1.06. The van der Waals surface area contributed by atoms with Gasteiger partial charge in [-0.2, -0.15) is 5.10 Å².